The lowest BCUT2D eigenvalue weighted by Gasteiger charge is -2.44. The number of benzene rings is 1. The summed E-state index contributed by atoms with van der Waals surface area (Å²) in [5.74, 6) is -4.77. The van der Waals surface area contributed by atoms with Crippen molar-refractivity contribution in [3.63, 3.8) is 0 Å². The number of rotatable bonds is 5. The number of piperazine rings is 1. The van der Waals surface area contributed by atoms with Crippen LogP contribution in [-0.2, 0) is 6.18 Å². The van der Waals surface area contributed by atoms with Crippen LogP contribution in [0.5, 0.6) is 0 Å². The Balaban J connectivity index is 1.89. The van der Waals surface area contributed by atoms with Gasteiger partial charge in [-0.25, -0.2) is 18.2 Å². The summed E-state index contributed by atoms with van der Waals surface area (Å²) in [5, 5.41) is 2.17. The molecule has 2 N–H and O–H groups in total. The molecule has 0 bridgehead atoms. The molecule has 4 rings (SSSR count). The van der Waals surface area contributed by atoms with E-state index < -0.39 is 57.5 Å². The zero-order chi connectivity index (χ0) is 30.4. The Bertz CT molecular complexity index is 1530. The molecule has 2 aromatic heterocycles. The zero-order valence-electron chi connectivity index (χ0n) is 22.8. The number of hydrogen-bond acceptors (Lipinski definition) is 6. The van der Waals surface area contributed by atoms with Gasteiger partial charge >= 0.3 is 6.18 Å². The van der Waals surface area contributed by atoms with Crippen LogP contribution in [0.4, 0.5) is 43.5 Å². The van der Waals surface area contributed by atoms with Crippen LogP contribution in [0.1, 0.15) is 29.8 Å². The number of alkyl halides is 3. The van der Waals surface area contributed by atoms with Gasteiger partial charge in [-0.1, -0.05) is 0 Å². The van der Waals surface area contributed by atoms with E-state index in [1.165, 1.54) is 19.0 Å². The van der Waals surface area contributed by atoms with E-state index in [2.05, 4.69) is 10.3 Å². The van der Waals surface area contributed by atoms with Crippen LogP contribution in [0.15, 0.2) is 35.4 Å². The number of nitrogens with zero attached hydrogens (tertiary/aromatic N) is 4. The molecule has 1 fully saturated rings. The largest absolute Gasteiger partial charge is 0.417 e. The first-order chi connectivity index (χ1) is 19.1. The molecule has 41 heavy (non-hydrogen) atoms. The Morgan fingerprint density at radius 2 is 1.71 bits per heavy atom. The number of pyridine rings is 2. The van der Waals surface area contributed by atoms with Gasteiger partial charge in [-0.05, 0) is 27.0 Å². The van der Waals surface area contributed by atoms with E-state index in [0.717, 1.165) is 18.3 Å². The molecule has 0 spiro atoms. The molecular formula is C27H28F6N6O2. The highest BCUT2D eigenvalue weighted by Gasteiger charge is 2.37. The molecule has 220 valence electrons. The number of H-pyrrole nitrogens is 1. The minimum absolute atomic E-state index is 0.0824. The quantitative estimate of drug-likeness (QED) is 0.424. The maximum absolute atomic E-state index is 16.2. The molecule has 1 amide bonds. The van der Waals surface area contributed by atoms with Crippen LogP contribution < -0.4 is 20.7 Å². The molecule has 1 unspecified atom stereocenters. The van der Waals surface area contributed by atoms with E-state index in [1.807, 2.05) is 30.8 Å². The first-order valence-electron chi connectivity index (χ1n) is 12.5. The Hall–Kier alpha value is -4.07. The van der Waals surface area contributed by atoms with Gasteiger partial charge in [-0.2, -0.15) is 13.2 Å². The standard InChI is InChI=1S/C27H28F6N6O2/c1-13-11-39(12-14(2)38(13)5)20-8-18(28)22(15-6-19(29)25(35-9-15)37(3)4)23(30)24(20)36-26(41)16-10-34-21(40)7-17(16)27(31,32)33/h6-10,13-14H,11-12H2,1-5H3,(H,34,40)(H,36,41)/t13-,14?/m0/s1. The van der Waals surface area contributed by atoms with Crippen molar-refractivity contribution in [1.29, 1.82) is 0 Å². The molecule has 3 aromatic rings. The molecule has 14 heteroatoms. The lowest BCUT2D eigenvalue weighted by Crippen LogP contribution is -2.55. The summed E-state index contributed by atoms with van der Waals surface area (Å²) in [6.45, 7) is 4.33. The van der Waals surface area contributed by atoms with Crippen molar-refractivity contribution in [3.05, 3.63) is 69.5 Å². The van der Waals surface area contributed by atoms with Crippen LogP contribution in [0.2, 0.25) is 0 Å². The van der Waals surface area contributed by atoms with Gasteiger partial charge in [0.15, 0.2) is 17.5 Å². The summed E-state index contributed by atoms with van der Waals surface area (Å²) in [7, 11) is 4.94. The van der Waals surface area contributed by atoms with Crippen molar-refractivity contribution in [2.75, 3.05) is 49.3 Å². The molecular weight excluding hydrogens is 554 g/mol. The Labute approximate surface area is 231 Å². The van der Waals surface area contributed by atoms with Crippen molar-refractivity contribution in [1.82, 2.24) is 14.9 Å². The van der Waals surface area contributed by atoms with Gasteiger partial charge < -0.3 is 20.1 Å². The maximum Gasteiger partial charge on any atom is 0.417 e. The predicted octanol–water partition coefficient (Wildman–Crippen LogP) is 4.72. The van der Waals surface area contributed by atoms with Crippen molar-refractivity contribution in [3.8, 4) is 11.1 Å². The summed E-state index contributed by atoms with van der Waals surface area (Å²) < 4.78 is 87.5. The molecule has 1 aliphatic heterocycles. The van der Waals surface area contributed by atoms with Crippen LogP contribution in [-0.4, -0.2) is 67.1 Å². The maximum atomic E-state index is 16.2. The fourth-order valence-corrected chi connectivity index (χ4v) is 4.81. The number of amides is 1. The van der Waals surface area contributed by atoms with E-state index in [1.54, 1.807) is 4.90 Å². The van der Waals surface area contributed by atoms with E-state index in [9.17, 15) is 27.2 Å². The molecule has 2 atom stereocenters. The SMILES string of the molecule is CC1CN(c2cc(F)c(-c3cnc(N(C)C)c(F)c3)c(F)c2NC(=O)c2c[nH]c(=O)cc2C(F)(F)F)C[C@H](C)N1C. The van der Waals surface area contributed by atoms with Gasteiger partial charge in [-0.3, -0.25) is 14.5 Å². The number of carbonyl (C=O) groups is 1. The third kappa shape index (κ3) is 5.87. The second-order valence-electron chi connectivity index (χ2n) is 10.2. The number of hydrogen-bond donors (Lipinski definition) is 2. The second kappa shape index (κ2) is 11.1. The highest BCUT2D eigenvalue weighted by Crippen LogP contribution is 2.40. The van der Waals surface area contributed by atoms with Crippen molar-refractivity contribution >= 4 is 23.1 Å². The summed E-state index contributed by atoms with van der Waals surface area (Å²) in [6, 6.07) is 1.88. The summed E-state index contributed by atoms with van der Waals surface area (Å²) in [6.07, 6.45) is -3.45. The van der Waals surface area contributed by atoms with E-state index in [0.29, 0.717) is 6.20 Å². The smallest absolute Gasteiger partial charge is 0.367 e. The van der Waals surface area contributed by atoms with Crippen LogP contribution in [0, 0.1) is 17.5 Å². The highest BCUT2D eigenvalue weighted by atomic mass is 19.4. The molecule has 1 aromatic carbocycles. The van der Waals surface area contributed by atoms with Crippen molar-refractivity contribution in [2.24, 2.45) is 0 Å². The van der Waals surface area contributed by atoms with Gasteiger partial charge in [0.1, 0.15) is 11.5 Å². The fourth-order valence-electron chi connectivity index (χ4n) is 4.81. The minimum atomic E-state index is -5.07. The lowest BCUT2D eigenvalue weighted by atomic mass is 10.0. The Morgan fingerprint density at radius 3 is 2.27 bits per heavy atom. The topological polar surface area (TPSA) is 84.6 Å². The molecule has 0 aliphatic carbocycles. The molecule has 8 nitrogen and oxygen atoms in total. The number of likely N-dealkylation sites (N-methyl/N-ethyl adjacent to an activating group) is 1. The summed E-state index contributed by atoms with van der Waals surface area (Å²) in [5.41, 5.74) is -5.33. The van der Waals surface area contributed by atoms with Crippen LogP contribution >= 0.6 is 0 Å². The number of nitrogens with one attached hydrogen (secondary N) is 2. The highest BCUT2D eigenvalue weighted by molar-refractivity contribution is 6.07. The first kappa shape index (κ1) is 29.9. The minimum Gasteiger partial charge on any atom is -0.367 e. The molecule has 0 radical (unpaired) electrons. The third-order valence-corrected chi connectivity index (χ3v) is 7.14. The Kier molecular flexibility index (Phi) is 8.07. The van der Waals surface area contributed by atoms with Gasteiger partial charge in [0.05, 0.1) is 22.4 Å². The number of halogens is 6. The van der Waals surface area contributed by atoms with E-state index >= 15 is 8.78 Å². The van der Waals surface area contributed by atoms with Crippen molar-refractivity contribution in [2.45, 2.75) is 32.1 Å². The average Bonchev–Trinajstić information content (AvgIpc) is 2.87. The lowest BCUT2D eigenvalue weighted by molar-refractivity contribution is -0.138. The predicted molar refractivity (Wildman–Crippen MR) is 143 cm³/mol. The van der Waals surface area contributed by atoms with Gasteiger partial charge in [0.25, 0.3) is 5.91 Å². The van der Waals surface area contributed by atoms with Gasteiger partial charge in [0.2, 0.25) is 5.56 Å². The average molecular weight is 583 g/mol. The summed E-state index contributed by atoms with van der Waals surface area (Å²) >= 11 is 0. The zero-order valence-corrected chi connectivity index (χ0v) is 22.8. The van der Waals surface area contributed by atoms with Crippen LogP contribution in [0.25, 0.3) is 11.1 Å². The first-order valence-corrected chi connectivity index (χ1v) is 12.5. The normalized spacial score (nSPS) is 18.0. The Morgan fingerprint density at radius 1 is 1.07 bits per heavy atom. The number of carbonyl (C=O) groups excluding carboxylic acids is 1. The molecule has 3 heterocycles. The summed E-state index contributed by atoms with van der Waals surface area (Å²) in [4.78, 5) is 35.7. The molecule has 1 aliphatic rings. The molecule has 1 saturated heterocycles. The fraction of sp³-hybridized carbons (Fsp3) is 0.370. The number of aromatic nitrogens is 2. The monoisotopic (exact) mass is 582 g/mol. The third-order valence-electron chi connectivity index (χ3n) is 7.14. The van der Waals surface area contributed by atoms with E-state index in [4.69, 9.17) is 0 Å². The van der Waals surface area contributed by atoms with Gasteiger partial charge in [0, 0.05) is 69.4 Å². The molecule has 0 saturated carbocycles. The second-order valence-corrected chi connectivity index (χ2v) is 10.2. The number of anilines is 3. The van der Waals surface area contributed by atoms with E-state index in [-0.39, 0.29) is 48.3 Å². The van der Waals surface area contributed by atoms with Crippen LogP contribution in [0.3, 0.4) is 0 Å². The number of aromatic amines is 1. The van der Waals surface area contributed by atoms with Crippen molar-refractivity contribution < 1.29 is 31.1 Å². The van der Waals surface area contributed by atoms with Gasteiger partial charge in [-0.15, -0.1) is 0 Å².